The lowest BCUT2D eigenvalue weighted by molar-refractivity contribution is 0.445. The second kappa shape index (κ2) is 4.72. The summed E-state index contributed by atoms with van der Waals surface area (Å²) in [7, 11) is 1.86. The van der Waals surface area contributed by atoms with Gasteiger partial charge in [-0.1, -0.05) is 6.92 Å². The lowest BCUT2D eigenvalue weighted by atomic mass is 9.93. The summed E-state index contributed by atoms with van der Waals surface area (Å²) in [6.45, 7) is 2.18. The van der Waals surface area contributed by atoms with Crippen molar-refractivity contribution in [2.24, 2.45) is 0 Å². The van der Waals surface area contributed by atoms with Gasteiger partial charge in [0.05, 0.1) is 5.39 Å². The largest absolute Gasteiger partial charge is 0.367 e. The molecular formula is C13H18N4S. The first-order valence-electron chi connectivity index (χ1n) is 6.55. The summed E-state index contributed by atoms with van der Waals surface area (Å²) in [5, 5.41) is 7.76. The van der Waals surface area contributed by atoms with Gasteiger partial charge < -0.3 is 10.6 Å². The summed E-state index contributed by atoms with van der Waals surface area (Å²) in [6, 6.07) is 2.82. The van der Waals surface area contributed by atoms with E-state index in [4.69, 9.17) is 0 Å². The van der Waals surface area contributed by atoms with Crippen molar-refractivity contribution >= 4 is 33.3 Å². The van der Waals surface area contributed by atoms with Crippen molar-refractivity contribution < 1.29 is 0 Å². The second-order valence-electron chi connectivity index (χ2n) is 4.70. The maximum absolute atomic E-state index is 4.56. The monoisotopic (exact) mass is 262 g/mol. The zero-order chi connectivity index (χ0) is 12.5. The van der Waals surface area contributed by atoms with Crippen LogP contribution >= 0.6 is 11.3 Å². The van der Waals surface area contributed by atoms with Crippen molar-refractivity contribution in [1.82, 2.24) is 9.97 Å². The molecule has 2 N–H and O–H groups in total. The number of aryl methyl sites for hydroxylation is 1. The number of thiophene rings is 1. The third kappa shape index (κ3) is 2.03. The molecule has 96 valence electrons. The Hall–Kier alpha value is -1.36. The fraction of sp³-hybridized carbons (Fsp3) is 0.538. The van der Waals surface area contributed by atoms with Crippen LogP contribution in [0, 0.1) is 0 Å². The van der Waals surface area contributed by atoms with E-state index in [0.717, 1.165) is 17.1 Å². The molecule has 0 atom stereocenters. The Morgan fingerprint density at radius 2 is 2.22 bits per heavy atom. The van der Waals surface area contributed by atoms with E-state index < -0.39 is 0 Å². The minimum atomic E-state index is 0.595. The number of nitrogens with one attached hydrogen (secondary N) is 2. The predicted molar refractivity (Wildman–Crippen MR) is 77.6 cm³/mol. The highest BCUT2D eigenvalue weighted by molar-refractivity contribution is 7.18. The summed E-state index contributed by atoms with van der Waals surface area (Å²) >= 11 is 1.76. The molecule has 0 unspecified atom stereocenters. The molecule has 4 nitrogen and oxygen atoms in total. The van der Waals surface area contributed by atoms with Gasteiger partial charge in [-0.05, 0) is 31.7 Å². The van der Waals surface area contributed by atoms with Gasteiger partial charge in [0.2, 0.25) is 5.95 Å². The van der Waals surface area contributed by atoms with Gasteiger partial charge in [0.1, 0.15) is 10.6 Å². The van der Waals surface area contributed by atoms with Gasteiger partial charge in [0.15, 0.2) is 0 Å². The van der Waals surface area contributed by atoms with Crippen LogP contribution in [-0.2, 0) is 6.42 Å². The van der Waals surface area contributed by atoms with Gasteiger partial charge in [-0.2, -0.15) is 4.98 Å². The summed E-state index contributed by atoms with van der Waals surface area (Å²) in [5.41, 5.74) is 0. The van der Waals surface area contributed by atoms with E-state index in [0.29, 0.717) is 12.0 Å². The van der Waals surface area contributed by atoms with Crippen molar-refractivity contribution in [2.75, 3.05) is 17.7 Å². The molecule has 2 aromatic rings. The van der Waals surface area contributed by atoms with E-state index in [1.165, 1.54) is 29.5 Å². The molecule has 1 aliphatic carbocycles. The number of anilines is 2. The highest BCUT2D eigenvalue weighted by Crippen LogP contribution is 2.32. The number of nitrogens with zero attached hydrogens (tertiary/aromatic N) is 2. The Labute approximate surface area is 111 Å². The molecule has 0 aliphatic heterocycles. The number of hydrogen-bond acceptors (Lipinski definition) is 5. The molecule has 1 saturated carbocycles. The predicted octanol–water partition coefficient (Wildman–Crippen LogP) is 3.26. The molecule has 0 saturated heterocycles. The van der Waals surface area contributed by atoms with Crippen molar-refractivity contribution in [3.63, 3.8) is 0 Å². The van der Waals surface area contributed by atoms with Crippen molar-refractivity contribution in [3.8, 4) is 0 Å². The summed E-state index contributed by atoms with van der Waals surface area (Å²) in [4.78, 5) is 11.5. The fourth-order valence-corrected chi connectivity index (χ4v) is 3.08. The molecule has 1 aliphatic rings. The first-order chi connectivity index (χ1) is 8.80. The highest BCUT2D eigenvalue weighted by atomic mass is 32.1. The van der Waals surface area contributed by atoms with Crippen LogP contribution in [0.1, 0.15) is 31.1 Å². The minimum Gasteiger partial charge on any atom is -0.367 e. The van der Waals surface area contributed by atoms with Crippen LogP contribution in [0.3, 0.4) is 0 Å². The van der Waals surface area contributed by atoms with Crippen LogP contribution in [0.5, 0.6) is 0 Å². The molecule has 3 rings (SSSR count). The molecule has 0 radical (unpaired) electrons. The molecular weight excluding hydrogens is 244 g/mol. The van der Waals surface area contributed by atoms with Crippen LogP contribution in [0.2, 0.25) is 0 Å². The van der Waals surface area contributed by atoms with Crippen LogP contribution < -0.4 is 10.6 Å². The zero-order valence-corrected chi connectivity index (χ0v) is 11.6. The summed E-state index contributed by atoms with van der Waals surface area (Å²) in [5.74, 6) is 1.69. The van der Waals surface area contributed by atoms with Gasteiger partial charge in [0, 0.05) is 18.0 Å². The van der Waals surface area contributed by atoms with Crippen molar-refractivity contribution in [2.45, 2.75) is 38.6 Å². The molecule has 0 bridgehead atoms. The molecule has 18 heavy (non-hydrogen) atoms. The molecule has 0 aromatic carbocycles. The Bertz CT molecular complexity index is 559. The Kier molecular flexibility index (Phi) is 3.07. The number of aromatic nitrogens is 2. The van der Waals surface area contributed by atoms with E-state index in [1.54, 1.807) is 11.3 Å². The minimum absolute atomic E-state index is 0.595. The first-order valence-corrected chi connectivity index (χ1v) is 7.36. The second-order valence-corrected chi connectivity index (χ2v) is 5.82. The average Bonchev–Trinajstić information content (AvgIpc) is 2.76. The van der Waals surface area contributed by atoms with Crippen molar-refractivity contribution in [3.05, 3.63) is 10.9 Å². The lowest BCUT2D eigenvalue weighted by Gasteiger charge is -2.27. The van der Waals surface area contributed by atoms with E-state index in [2.05, 4.69) is 33.6 Å². The van der Waals surface area contributed by atoms with Gasteiger partial charge >= 0.3 is 0 Å². The van der Waals surface area contributed by atoms with E-state index in [1.807, 2.05) is 7.05 Å². The lowest BCUT2D eigenvalue weighted by Crippen LogP contribution is -2.27. The molecule has 1 fully saturated rings. The Balaban J connectivity index is 2.04. The maximum Gasteiger partial charge on any atom is 0.225 e. The van der Waals surface area contributed by atoms with Crippen LogP contribution in [0.25, 0.3) is 10.2 Å². The number of rotatable bonds is 4. The summed E-state index contributed by atoms with van der Waals surface area (Å²) in [6.07, 6.45) is 4.89. The quantitative estimate of drug-likeness (QED) is 0.888. The van der Waals surface area contributed by atoms with E-state index in [-0.39, 0.29) is 0 Å². The maximum atomic E-state index is 4.56. The molecule has 2 aromatic heterocycles. The zero-order valence-electron chi connectivity index (χ0n) is 10.8. The smallest absolute Gasteiger partial charge is 0.225 e. The van der Waals surface area contributed by atoms with Crippen LogP contribution in [0.15, 0.2) is 6.07 Å². The Morgan fingerprint density at radius 3 is 2.83 bits per heavy atom. The Morgan fingerprint density at radius 1 is 1.39 bits per heavy atom. The molecule has 5 heteroatoms. The van der Waals surface area contributed by atoms with Gasteiger partial charge in [-0.15, -0.1) is 11.3 Å². The fourth-order valence-electron chi connectivity index (χ4n) is 2.11. The summed E-state index contributed by atoms with van der Waals surface area (Å²) < 4.78 is 0. The topological polar surface area (TPSA) is 49.8 Å². The van der Waals surface area contributed by atoms with Gasteiger partial charge in [0.25, 0.3) is 0 Å². The van der Waals surface area contributed by atoms with Crippen LogP contribution in [-0.4, -0.2) is 23.1 Å². The normalized spacial score (nSPS) is 15.7. The standard InChI is InChI=1S/C13H18N4S/c1-3-9-7-10-11(15-8-5-4-6-8)16-13(14-2)17-12(10)18-9/h7-8H,3-6H2,1-2H3,(H2,14,15,16,17). The van der Waals surface area contributed by atoms with E-state index in [9.17, 15) is 0 Å². The number of hydrogen-bond donors (Lipinski definition) is 2. The van der Waals surface area contributed by atoms with Crippen LogP contribution in [0.4, 0.5) is 11.8 Å². The molecule has 0 spiro atoms. The average molecular weight is 262 g/mol. The van der Waals surface area contributed by atoms with Crippen molar-refractivity contribution in [1.29, 1.82) is 0 Å². The third-order valence-electron chi connectivity index (χ3n) is 3.46. The molecule has 2 heterocycles. The molecule has 0 amide bonds. The number of fused-ring (bicyclic) bond motifs is 1. The van der Waals surface area contributed by atoms with Gasteiger partial charge in [-0.3, -0.25) is 0 Å². The van der Waals surface area contributed by atoms with Gasteiger partial charge in [-0.25, -0.2) is 4.98 Å². The van der Waals surface area contributed by atoms with E-state index >= 15 is 0 Å². The highest BCUT2D eigenvalue weighted by Gasteiger charge is 2.19. The first kappa shape index (κ1) is 11.7. The third-order valence-corrected chi connectivity index (χ3v) is 4.64. The SMILES string of the molecule is CCc1cc2c(NC3CCC3)nc(NC)nc2s1.